The second-order valence-corrected chi connectivity index (χ2v) is 3.72. The Morgan fingerprint density at radius 3 is 2.69 bits per heavy atom. The van der Waals surface area contributed by atoms with Crippen molar-refractivity contribution in [2.75, 3.05) is 11.4 Å². The molecule has 88 valence electrons. The van der Waals surface area contributed by atoms with Gasteiger partial charge in [0.25, 0.3) is 0 Å². The summed E-state index contributed by atoms with van der Waals surface area (Å²) in [5.41, 5.74) is -0.867. The quantitative estimate of drug-likeness (QED) is 0.788. The minimum atomic E-state index is -4.48. The highest BCUT2D eigenvalue weighted by Crippen LogP contribution is 2.37. The molecule has 0 bridgehead atoms. The van der Waals surface area contributed by atoms with Gasteiger partial charge in [-0.2, -0.15) is 13.2 Å². The fourth-order valence-electron chi connectivity index (χ4n) is 1.62. The number of aliphatic hydroxyl groups excluding tert-OH is 1. The number of halogens is 3. The first-order chi connectivity index (χ1) is 7.41. The van der Waals surface area contributed by atoms with E-state index in [1.165, 1.54) is 4.90 Å². The van der Waals surface area contributed by atoms with E-state index in [2.05, 4.69) is 9.97 Å². The summed E-state index contributed by atoms with van der Waals surface area (Å²) in [5.74, 6) is -0.166. The van der Waals surface area contributed by atoms with Gasteiger partial charge in [0.15, 0.2) is 0 Å². The summed E-state index contributed by atoms with van der Waals surface area (Å²) in [4.78, 5) is 8.42. The Bertz CT molecular complexity index is 396. The number of anilines is 1. The van der Waals surface area contributed by atoms with Crippen LogP contribution in [-0.2, 0) is 6.18 Å². The molecule has 7 heteroatoms. The van der Waals surface area contributed by atoms with Crippen LogP contribution in [0.2, 0.25) is 0 Å². The van der Waals surface area contributed by atoms with Crippen molar-refractivity contribution in [2.24, 2.45) is 0 Å². The Morgan fingerprint density at radius 2 is 2.19 bits per heavy atom. The van der Waals surface area contributed by atoms with Crippen LogP contribution in [0.5, 0.6) is 0 Å². The first-order valence-electron chi connectivity index (χ1n) is 4.73. The topological polar surface area (TPSA) is 49.2 Å². The van der Waals surface area contributed by atoms with Crippen LogP contribution in [0.3, 0.4) is 0 Å². The van der Waals surface area contributed by atoms with E-state index in [9.17, 15) is 18.3 Å². The summed E-state index contributed by atoms with van der Waals surface area (Å²) in [6.45, 7) is 1.82. The molecule has 0 amide bonds. The fraction of sp³-hybridized carbons (Fsp3) is 0.556. The molecule has 0 unspecified atom stereocenters. The van der Waals surface area contributed by atoms with Gasteiger partial charge in [-0.05, 0) is 6.92 Å². The van der Waals surface area contributed by atoms with E-state index in [0.717, 1.165) is 12.5 Å². The molecule has 0 saturated carbocycles. The first kappa shape index (κ1) is 11.1. The molecule has 2 heterocycles. The van der Waals surface area contributed by atoms with Crippen molar-refractivity contribution in [3.63, 3.8) is 0 Å². The number of alkyl halides is 3. The van der Waals surface area contributed by atoms with E-state index >= 15 is 0 Å². The molecule has 2 atom stereocenters. The molecule has 0 radical (unpaired) electrons. The molecule has 4 nitrogen and oxygen atoms in total. The zero-order chi connectivity index (χ0) is 11.9. The molecule has 1 aliphatic heterocycles. The van der Waals surface area contributed by atoms with Crippen molar-refractivity contribution < 1.29 is 18.3 Å². The van der Waals surface area contributed by atoms with Crippen LogP contribution >= 0.6 is 0 Å². The second-order valence-electron chi connectivity index (χ2n) is 3.72. The Morgan fingerprint density at radius 1 is 1.50 bits per heavy atom. The minimum absolute atomic E-state index is 0.166. The lowest BCUT2D eigenvalue weighted by Gasteiger charge is -2.44. The van der Waals surface area contributed by atoms with E-state index < -0.39 is 17.8 Å². The fourth-order valence-corrected chi connectivity index (χ4v) is 1.62. The van der Waals surface area contributed by atoms with Crippen molar-refractivity contribution >= 4 is 5.82 Å². The summed E-state index contributed by atoms with van der Waals surface area (Å²) in [6, 6.07) is -0.351. The number of hydrogen-bond acceptors (Lipinski definition) is 4. The summed E-state index contributed by atoms with van der Waals surface area (Å²) in [7, 11) is 0. The highest BCUT2D eigenvalue weighted by molar-refractivity contribution is 5.51. The zero-order valence-corrected chi connectivity index (χ0v) is 8.44. The third-order valence-electron chi connectivity index (χ3n) is 2.70. The first-order valence-corrected chi connectivity index (χ1v) is 4.73. The predicted molar refractivity (Wildman–Crippen MR) is 49.8 cm³/mol. The lowest BCUT2D eigenvalue weighted by molar-refractivity contribution is -0.137. The van der Waals surface area contributed by atoms with Gasteiger partial charge in [0.2, 0.25) is 0 Å². The minimum Gasteiger partial charge on any atom is -0.389 e. The smallest absolute Gasteiger partial charge is 0.389 e. The zero-order valence-electron chi connectivity index (χ0n) is 8.44. The number of aromatic nitrogens is 2. The van der Waals surface area contributed by atoms with Gasteiger partial charge < -0.3 is 10.0 Å². The number of rotatable bonds is 1. The molecule has 1 fully saturated rings. The SMILES string of the molecule is C[C@@H]1[C@H](O)CN1c1ncncc1C(F)(F)F. The van der Waals surface area contributed by atoms with Gasteiger partial charge in [0.1, 0.15) is 17.7 Å². The number of aliphatic hydroxyl groups is 1. The van der Waals surface area contributed by atoms with Gasteiger partial charge in [-0.15, -0.1) is 0 Å². The van der Waals surface area contributed by atoms with Gasteiger partial charge in [0.05, 0.1) is 12.1 Å². The van der Waals surface area contributed by atoms with Crippen LogP contribution in [0.15, 0.2) is 12.5 Å². The Kier molecular flexibility index (Phi) is 2.49. The van der Waals surface area contributed by atoms with Crippen molar-refractivity contribution in [3.8, 4) is 0 Å². The van der Waals surface area contributed by atoms with E-state index in [1.807, 2.05) is 0 Å². The van der Waals surface area contributed by atoms with E-state index in [4.69, 9.17) is 0 Å². The van der Waals surface area contributed by atoms with E-state index in [-0.39, 0.29) is 18.4 Å². The van der Waals surface area contributed by atoms with Crippen molar-refractivity contribution in [3.05, 3.63) is 18.1 Å². The molecular formula is C9H10F3N3O. The van der Waals surface area contributed by atoms with Crippen LogP contribution in [0.25, 0.3) is 0 Å². The Labute approximate surface area is 89.7 Å². The van der Waals surface area contributed by atoms with Crippen molar-refractivity contribution in [2.45, 2.75) is 25.2 Å². The maximum absolute atomic E-state index is 12.6. The predicted octanol–water partition coefficient (Wildman–Crippen LogP) is 1.06. The molecule has 1 aliphatic rings. The van der Waals surface area contributed by atoms with E-state index in [0.29, 0.717) is 0 Å². The average molecular weight is 233 g/mol. The van der Waals surface area contributed by atoms with Gasteiger partial charge in [-0.1, -0.05) is 0 Å². The van der Waals surface area contributed by atoms with Crippen molar-refractivity contribution in [1.82, 2.24) is 9.97 Å². The van der Waals surface area contributed by atoms with Gasteiger partial charge in [-0.25, -0.2) is 9.97 Å². The number of hydrogen-bond donors (Lipinski definition) is 1. The maximum atomic E-state index is 12.6. The molecule has 0 aliphatic carbocycles. The normalized spacial score (nSPS) is 25.4. The molecule has 1 saturated heterocycles. The van der Waals surface area contributed by atoms with Crippen LogP contribution in [0.1, 0.15) is 12.5 Å². The molecule has 1 aromatic rings. The summed E-state index contributed by atoms with van der Waals surface area (Å²) >= 11 is 0. The Balaban J connectivity index is 2.35. The van der Waals surface area contributed by atoms with Crippen molar-refractivity contribution in [1.29, 1.82) is 0 Å². The third-order valence-corrected chi connectivity index (χ3v) is 2.70. The summed E-state index contributed by atoms with van der Waals surface area (Å²) in [5, 5.41) is 9.28. The molecule has 1 N–H and O–H groups in total. The number of nitrogens with zero attached hydrogens (tertiary/aromatic N) is 3. The van der Waals surface area contributed by atoms with Gasteiger partial charge in [0, 0.05) is 12.7 Å². The van der Waals surface area contributed by atoms with Gasteiger partial charge >= 0.3 is 6.18 Å². The summed E-state index contributed by atoms with van der Waals surface area (Å²) in [6.07, 6.45) is -3.26. The summed E-state index contributed by atoms with van der Waals surface area (Å²) < 4.78 is 37.9. The molecule has 1 aromatic heterocycles. The highest BCUT2D eigenvalue weighted by Gasteiger charge is 2.42. The van der Waals surface area contributed by atoms with E-state index in [1.54, 1.807) is 6.92 Å². The highest BCUT2D eigenvalue weighted by atomic mass is 19.4. The van der Waals surface area contributed by atoms with Crippen LogP contribution in [0, 0.1) is 0 Å². The lowest BCUT2D eigenvalue weighted by Crippen LogP contribution is -2.59. The third kappa shape index (κ3) is 1.71. The number of β-amino-alcohol motifs (C(OH)–C–C–N with tert-alkyl or cyclic N) is 1. The van der Waals surface area contributed by atoms with Gasteiger partial charge in [-0.3, -0.25) is 0 Å². The second kappa shape index (κ2) is 3.58. The molecule has 16 heavy (non-hydrogen) atoms. The largest absolute Gasteiger partial charge is 0.421 e. The molecule has 2 rings (SSSR count). The average Bonchev–Trinajstić information content (AvgIpc) is 2.24. The van der Waals surface area contributed by atoms with Crippen LogP contribution in [0.4, 0.5) is 19.0 Å². The molecule has 0 aromatic carbocycles. The molecule has 0 spiro atoms. The Hall–Kier alpha value is -1.37. The lowest BCUT2D eigenvalue weighted by atomic mass is 10.0. The maximum Gasteiger partial charge on any atom is 0.421 e. The van der Waals surface area contributed by atoms with Crippen LogP contribution < -0.4 is 4.90 Å². The standard InChI is InChI=1S/C9H10F3N3O/c1-5-7(16)3-15(5)8-6(9(10,11)12)2-13-4-14-8/h2,4-5,7,16H,3H2,1H3/t5-,7-/m1/s1. The van der Waals surface area contributed by atoms with Crippen LogP contribution in [-0.4, -0.2) is 33.8 Å². The monoisotopic (exact) mass is 233 g/mol. The molecular weight excluding hydrogens is 223 g/mol.